The van der Waals surface area contributed by atoms with Crippen molar-refractivity contribution in [2.24, 2.45) is 0 Å². The number of anilines is 1. The van der Waals surface area contributed by atoms with Gasteiger partial charge in [0.25, 0.3) is 0 Å². The van der Waals surface area contributed by atoms with E-state index < -0.39 is 0 Å². The number of hydrogen-bond donors (Lipinski definition) is 1. The fourth-order valence-corrected chi connectivity index (χ4v) is 1.28. The van der Waals surface area contributed by atoms with Gasteiger partial charge in [0.1, 0.15) is 6.26 Å². The number of rotatable bonds is 5. The monoisotopic (exact) mass is 234 g/mol. The highest BCUT2D eigenvalue weighted by Gasteiger charge is 2.09. The summed E-state index contributed by atoms with van der Waals surface area (Å²) in [6, 6.07) is 2.08. The molecule has 0 saturated heterocycles. The SMILES string of the molecule is CCCNc1nc(OC)nc(-c2ccoc2)n1. The van der Waals surface area contributed by atoms with E-state index in [1.54, 1.807) is 18.6 Å². The minimum atomic E-state index is 0.287. The van der Waals surface area contributed by atoms with Crippen molar-refractivity contribution in [3.8, 4) is 17.4 Å². The number of methoxy groups -OCH3 is 1. The molecule has 2 aromatic rings. The van der Waals surface area contributed by atoms with Crippen molar-refractivity contribution in [2.45, 2.75) is 13.3 Å². The number of nitrogens with zero attached hydrogens (tertiary/aromatic N) is 3. The van der Waals surface area contributed by atoms with Crippen LogP contribution in [0, 0.1) is 0 Å². The molecular formula is C11H14N4O2. The van der Waals surface area contributed by atoms with Crippen molar-refractivity contribution >= 4 is 5.95 Å². The molecule has 1 N–H and O–H groups in total. The molecule has 0 fully saturated rings. The number of furan rings is 1. The topological polar surface area (TPSA) is 73.1 Å². The summed E-state index contributed by atoms with van der Waals surface area (Å²) >= 11 is 0. The summed E-state index contributed by atoms with van der Waals surface area (Å²) in [5.74, 6) is 1.04. The molecule has 2 aromatic heterocycles. The van der Waals surface area contributed by atoms with Gasteiger partial charge in [-0.25, -0.2) is 0 Å². The Morgan fingerprint density at radius 2 is 2.24 bits per heavy atom. The Bertz CT molecular complexity index is 470. The average molecular weight is 234 g/mol. The first-order chi connectivity index (χ1) is 8.33. The number of aromatic nitrogens is 3. The van der Waals surface area contributed by atoms with Crippen LogP contribution in [-0.2, 0) is 0 Å². The summed E-state index contributed by atoms with van der Waals surface area (Å²) in [4.78, 5) is 12.6. The van der Waals surface area contributed by atoms with Crippen LogP contribution in [0.2, 0.25) is 0 Å². The molecule has 0 aliphatic carbocycles. The first-order valence-electron chi connectivity index (χ1n) is 5.40. The van der Waals surface area contributed by atoms with Gasteiger partial charge in [0.2, 0.25) is 5.95 Å². The fourth-order valence-electron chi connectivity index (χ4n) is 1.28. The van der Waals surface area contributed by atoms with Gasteiger partial charge in [-0.05, 0) is 12.5 Å². The molecule has 6 nitrogen and oxygen atoms in total. The lowest BCUT2D eigenvalue weighted by Gasteiger charge is -2.06. The number of ether oxygens (including phenoxy) is 1. The Kier molecular flexibility index (Phi) is 3.54. The minimum absolute atomic E-state index is 0.287. The highest BCUT2D eigenvalue weighted by molar-refractivity contribution is 5.54. The molecule has 0 saturated carbocycles. The first kappa shape index (κ1) is 11.4. The summed E-state index contributed by atoms with van der Waals surface area (Å²) in [5, 5.41) is 3.10. The molecule has 2 heterocycles. The minimum Gasteiger partial charge on any atom is -0.472 e. The van der Waals surface area contributed by atoms with E-state index >= 15 is 0 Å². The number of hydrogen-bond acceptors (Lipinski definition) is 6. The second-order valence-corrected chi connectivity index (χ2v) is 3.41. The summed E-state index contributed by atoms with van der Waals surface area (Å²) < 4.78 is 10.0. The zero-order valence-corrected chi connectivity index (χ0v) is 9.80. The van der Waals surface area contributed by atoms with Gasteiger partial charge in [0, 0.05) is 6.54 Å². The molecule has 0 spiro atoms. The highest BCUT2D eigenvalue weighted by Crippen LogP contribution is 2.18. The molecule has 0 aliphatic rings. The normalized spacial score (nSPS) is 10.2. The lowest BCUT2D eigenvalue weighted by Crippen LogP contribution is -2.07. The van der Waals surface area contributed by atoms with Crippen LogP contribution >= 0.6 is 0 Å². The molecule has 0 atom stereocenters. The third-order valence-corrected chi connectivity index (χ3v) is 2.11. The van der Waals surface area contributed by atoms with Crippen LogP contribution in [0.4, 0.5) is 5.95 Å². The molecular weight excluding hydrogens is 220 g/mol. The maximum absolute atomic E-state index is 5.04. The van der Waals surface area contributed by atoms with Gasteiger partial charge >= 0.3 is 6.01 Å². The maximum atomic E-state index is 5.04. The van der Waals surface area contributed by atoms with Crippen molar-refractivity contribution in [1.29, 1.82) is 0 Å². The van der Waals surface area contributed by atoms with Crippen LogP contribution in [0.1, 0.15) is 13.3 Å². The summed E-state index contributed by atoms with van der Waals surface area (Å²) in [6.45, 7) is 2.88. The zero-order valence-electron chi connectivity index (χ0n) is 9.80. The Morgan fingerprint density at radius 1 is 1.35 bits per heavy atom. The number of nitrogens with one attached hydrogen (secondary N) is 1. The molecule has 6 heteroatoms. The Labute approximate surface area is 99.1 Å². The third kappa shape index (κ3) is 2.72. The van der Waals surface area contributed by atoms with E-state index in [1.165, 1.54) is 7.11 Å². The van der Waals surface area contributed by atoms with Crippen molar-refractivity contribution < 1.29 is 9.15 Å². The molecule has 17 heavy (non-hydrogen) atoms. The van der Waals surface area contributed by atoms with Gasteiger partial charge in [-0.15, -0.1) is 0 Å². The largest absolute Gasteiger partial charge is 0.472 e. The summed E-state index contributed by atoms with van der Waals surface area (Å²) in [7, 11) is 1.53. The van der Waals surface area contributed by atoms with E-state index in [1.807, 2.05) is 0 Å². The molecule has 2 rings (SSSR count). The van der Waals surface area contributed by atoms with E-state index in [9.17, 15) is 0 Å². The summed E-state index contributed by atoms with van der Waals surface area (Å²) in [5.41, 5.74) is 0.797. The summed E-state index contributed by atoms with van der Waals surface area (Å²) in [6.07, 6.45) is 4.15. The Balaban J connectivity index is 2.32. The van der Waals surface area contributed by atoms with Gasteiger partial charge < -0.3 is 14.5 Å². The third-order valence-electron chi connectivity index (χ3n) is 2.11. The van der Waals surface area contributed by atoms with Crippen molar-refractivity contribution in [3.63, 3.8) is 0 Å². The molecule has 0 radical (unpaired) electrons. The zero-order chi connectivity index (χ0) is 12.1. The Hall–Kier alpha value is -2.11. The van der Waals surface area contributed by atoms with Gasteiger partial charge in [-0.2, -0.15) is 15.0 Å². The van der Waals surface area contributed by atoms with Crippen molar-refractivity contribution in [2.75, 3.05) is 19.0 Å². The second kappa shape index (κ2) is 5.29. The molecule has 90 valence electrons. The van der Waals surface area contributed by atoms with Gasteiger partial charge in [0.15, 0.2) is 5.82 Å². The van der Waals surface area contributed by atoms with E-state index in [-0.39, 0.29) is 6.01 Å². The van der Waals surface area contributed by atoms with Crippen molar-refractivity contribution in [1.82, 2.24) is 15.0 Å². The quantitative estimate of drug-likeness (QED) is 0.852. The maximum Gasteiger partial charge on any atom is 0.321 e. The van der Waals surface area contributed by atoms with Crippen LogP contribution in [0.3, 0.4) is 0 Å². The van der Waals surface area contributed by atoms with Gasteiger partial charge in [-0.3, -0.25) is 0 Å². The van der Waals surface area contributed by atoms with Gasteiger partial charge in [-0.1, -0.05) is 6.92 Å². The lowest BCUT2D eigenvalue weighted by molar-refractivity contribution is 0.379. The molecule has 0 bridgehead atoms. The lowest BCUT2D eigenvalue weighted by atomic mass is 10.3. The van der Waals surface area contributed by atoms with Crippen LogP contribution in [-0.4, -0.2) is 28.6 Å². The Morgan fingerprint density at radius 3 is 2.88 bits per heavy atom. The van der Waals surface area contributed by atoms with Crippen molar-refractivity contribution in [3.05, 3.63) is 18.6 Å². The molecule has 0 unspecified atom stereocenters. The first-order valence-corrected chi connectivity index (χ1v) is 5.40. The van der Waals surface area contributed by atoms with Crippen LogP contribution < -0.4 is 10.1 Å². The fraction of sp³-hybridized carbons (Fsp3) is 0.364. The van der Waals surface area contributed by atoms with E-state index in [0.717, 1.165) is 18.5 Å². The second-order valence-electron chi connectivity index (χ2n) is 3.41. The van der Waals surface area contributed by atoms with E-state index in [4.69, 9.17) is 9.15 Å². The van der Waals surface area contributed by atoms with Gasteiger partial charge in [0.05, 0.1) is 18.9 Å². The van der Waals surface area contributed by atoms with E-state index in [2.05, 4.69) is 27.2 Å². The van der Waals surface area contributed by atoms with Crippen LogP contribution in [0.15, 0.2) is 23.0 Å². The standard InChI is InChI=1S/C11H14N4O2/c1-3-5-12-10-13-9(8-4-6-17-7-8)14-11(15-10)16-2/h4,6-7H,3,5H2,1-2H3,(H,12,13,14,15). The predicted octanol–water partition coefficient (Wildman–Crippen LogP) is 1.96. The molecule has 0 aliphatic heterocycles. The molecule has 0 amide bonds. The van der Waals surface area contributed by atoms with E-state index in [0.29, 0.717) is 11.8 Å². The predicted molar refractivity (Wildman–Crippen MR) is 62.9 cm³/mol. The average Bonchev–Trinajstić information content (AvgIpc) is 2.89. The highest BCUT2D eigenvalue weighted by atomic mass is 16.5. The van der Waals surface area contributed by atoms with Crippen LogP contribution in [0.25, 0.3) is 11.4 Å². The smallest absolute Gasteiger partial charge is 0.321 e. The molecule has 0 aromatic carbocycles. The van der Waals surface area contributed by atoms with Crippen LogP contribution in [0.5, 0.6) is 6.01 Å².